The lowest BCUT2D eigenvalue weighted by Crippen LogP contribution is -2.03. The molecule has 0 aliphatic rings. The Balaban J connectivity index is 2.52. The van der Waals surface area contributed by atoms with E-state index in [0.717, 1.165) is 35.5 Å². The van der Waals surface area contributed by atoms with Crippen LogP contribution in [0.3, 0.4) is 0 Å². The molecule has 1 aromatic carbocycles. The van der Waals surface area contributed by atoms with E-state index in [1.54, 1.807) is 12.1 Å². The lowest BCUT2D eigenvalue weighted by Gasteiger charge is -2.12. The van der Waals surface area contributed by atoms with Gasteiger partial charge in [0.15, 0.2) is 0 Å². The highest BCUT2D eigenvalue weighted by Crippen LogP contribution is 2.26. The maximum atomic E-state index is 13.0. The molecule has 0 spiro atoms. The molecule has 0 amide bonds. The summed E-state index contributed by atoms with van der Waals surface area (Å²) in [6.07, 6.45) is 3.43. The fourth-order valence-electron chi connectivity index (χ4n) is 1.97. The van der Waals surface area contributed by atoms with Gasteiger partial charge in [-0.15, -0.1) is 0 Å². The number of hydrogen-bond acceptors (Lipinski definition) is 3. The van der Waals surface area contributed by atoms with Gasteiger partial charge in [-0.25, -0.2) is 14.4 Å². The fourth-order valence-corrected chi connectivity index (χ4v) is 1.97. The van der Waals surface area contributed by atoms with E-state index >= 15 is 0 Å². The van der Waals surface area contributed by atoms with Crippen molar-refractivity contribution in [1.29, 1.82) is 0 Å². The molecule has 0 aliphatic carbocycles. The average Bonchev–Trinajstić information content (AvgIpc) is 2.40. The Bertz CT molecular complexity index is 523. The van der Waals surface area contributed by atoms with Crippen molar-refractivity contribution in [3.63, 3.8) is 0 Å². The summed E-state index contributed by atoms with van der Waals surface area (Å²) in [6.45, 7) is 2.11. The fraction of sp³-hybridized carbons (Fsp3) is 0.286. The van der Waals surface area contributed by atoms with Crippen molar-refractivity contribution in [3.05, 3.63) is 42.0 Å². The number of nitrogens with one attached hydrogen (secondary N) is 1. The summed E-state index contributed by atoms with van der Waals surface area (Å²) in [6, 6.07) is 6.39. The lowest BCUT2D eigenvalue weighted by molar-refractivity contribution is 0.628. The van der Waals surface area contributed by atoms with Crippen LogP contribution in [-0.4, -0.2) is 17.0 Å². The summed E-state index contributed by atoms with van der Waals surface area (Å²) in [5.74, 6) is 0.602. The standard InChI is InChI=1S/C14H16FN3/c1-3-4-12-13(17-9-18-14(12)16-2)10-5-7-11(15)8-6-10/h5-9H,3-4H2,1-2H3,(H,16,17,18). The quantitative estimate of drug-likeness (QED) is 0.898. The molecular formula is C14H16FN3. The SMILES string of the molecule is CCCc1c(NC)ncnc1-c1ccc(F)cc1. The molecule has 0 bridgehead atoms. The molecule has 0 saturated heterocycles. The highest BCUT2D eigenvalue weighted by Gasteiger charge is 2.11. The number of benzene rings is 1. The minimum absolute atomic E-state index is 0.237. The number of anilines is 1. The Morgan fingerprint density at radius 1 is 1.17 bits per heavy atom. The van der Waals surface area contributed by atoms with E-state index in [0.29, 0.717) is 0 Å². The number of aromatic nitrogens is 2. The van der Waals surface area contributed by atoms with Crippen LogP contribution >= 0.6 is 0 Å². The lowest BCUT2D eigenvalue weighted by atomic mass is 10.0. The first-order valence-corrected chi connectivity index (χ1v) is 6.03. The summed E-state index contributed by atoms with van der Waals surface area (Å²) < 4.78 is 13.0. The van der Waals surface area contributed by atoms with Crippen LogP contribution in [0.15, 0.2) is 30.6 Å². The normalized spacial score (nSPS) is 10.4. The topological polar surface area (TPSA) is 37.8 Å². The van der Waals surface area contributed by atoms with E-state index in [2.05, 4.69) is 22.2 Å². The molecule has 0 fully saturated rings. The minimum Gasteiger partial charge on any atom is -0.373 e. The number of halogens is 1. The van der Waals surface area contributed by atoms with Crippen LogP contribution in [0.25, 0.3) is 11.3 Å². The van der Waals surface area contributed by atoms with Gasteiger partial charge in [-0.1, -0.05) is 13.3 Å². The second-order valence-electron chi connectivity index (χ2n) is 4.06. The van der Waals surface area contributed by atoms with E-state index in [1.807, 2.05) is 7.05 Å². The van der Waals surface area contributed by atoms with Crippen LogP contribution in [0.2, 0.25) is 0 Å². The van der Waals surface area contributed by atoms with Crippen LogP contribution in [0, 0.1) is 5.82 Å². The first-order valence-electron chi connectivity index (χ1n) is 6.03. The molecule has 4 heteroatoms. The maximum Gasteiger partial charge on any atom is 0.132 e. The van der Waals surface area contributed by atoms with Crippen LogP contribution in [-0.2, 0) is 6.42 Å². The van der Waals surface area contributed by atoms with E-state index in [1.165, 1.54) is 18.5 Å². The molecule has 18 heavy (non-hydrogen) atoms. The predicted octanol–water partition coefficient (Wildman–Crippen LogP) is 3.28. The third-order valence-electron chi connectivity index (χ3n) is 2.80. The average molecular weight is 245 g/mol. The van der Waals surface area contributed by atoms with Gasteiger partial charge in [0.25, 0.3) is 0 Å². The van der Waals surface area contributed by atoms with E-state index in [-0.39, 0.29) is 5.82 Å². The Labute approximate surface area is 106 Å². The van der Waals surface area contributed by atoms with Crippen molar-refractivity contribution in [2.45, 2.75) is 19.8 Å². The summed E-state index contributed by atoms with van der Waals surface area (Å²) >= 11 is 0. The number of hydrogen-bond donors (Lipinski definition) is 1. The van der Waals surface area contributed by atoms with E-state index in [4.69, 9.17) is 0 Å². The van der Waals surface area contributed by atoms with Gasteiger partial charge in [0, 0.05) is 18.2 Å². The first-order chi connectivity index (χ1) is 8.76. The largest absolute Gasteiger partial charge is 0.373 e. The third kappa shape index (κ3) is 2.47. The molecule has 1 aromatic heterocycles. The molecule has 3 nitrogen and oxygen atoms in total. The molecule has 0 atom stereocenters. The van der Waals surface area contributed by atoms with Crippen molar-refractivity contribution in [3.8, 4) is 11.3 Å². The zero-order valence-corrected chi connectivity index (χ0v) is 10.6. The van der Waals surface area contributed by atoms with Crippen LogP contribution in [0.5, 0.6) is 0 Å². The van der Waals surface area contributed by atoms with E-state index in [9.17, 15) is 4.39 Å². The Kier molecular flexibility index (Phi) is 3.87. The monoisotopic (exact) mass is 245 g/mol. The second-order valence-corrected chi connectivity index (χ2v) is 4.06. The molecule has 0 unspecified atom stereocenters. The molecule has 1 heterocycles. The molecule has 0 radical (unpaired) electrons. The Morgan fingerprint density at radius 3 is 2.50 bits per heavy atom. The first kappa shape index (κ1) is 12.5. The van der Waals surface area contributed by atoms with Crippen molar-refractivity contribution in [2.24, 2.45) is 0 Å². The smallest absolute Gasteiger partial charge is 0.132 e. The number of rotatable bonds is 4. The second kappa shape index (κ2) is 5.58. The van der Waals surface area contributed by atoms with E-state index < -0.39 is 0 Å². The summed E-state index contributed by atoms with van der Waals surface area (Å²) in [4.78, 5) is 8.56. The summed E-state index contributed by atoms with van der Waals surface area (Å²) in [5.41, 5.74) is 2.86. The Hall–Kier alpha value is -1.97. The van der Waals surface area contributed by atoms with Gasteiger partial charge in [-0.05, 0) is 30.7 Å². The summed E-state index contributed by atoms with van der Waals surface area (Å²) in [7, 11) is 1.84. The van der Waals surface area contributed by atoms with Gasteiger partial charge in [0.05, 0.1) is 5.69 Å². The molecular weight excluding hydrogens is 229 g/mol. The van der Waals surface area contributed by atoms with Crippen molar-refractivity contribution < 1.29 is 4.39 Å². The van der Waals surface area contributed by atoms with Crippen LogP contribution in [0.1, 0.15) is 18.9 Å². The molecule has 94 valence electrons. The molecule has 0 aliphatic heterocycles. The van der Waals surface area contributed by atoms with Gasteiger partial charge in [0.2, 0.25) is 0 Å². The van der Waals surface area contributed by atoms with Gasteiger partial charge >= 0.3 is 0 Å². The van der Waals surface area contributed by atoms with Gasteiger partial charge in [-0.2, -0.15) is 0 Å². The molecule has 0 saturated carbocycles. The van der Waals surface area contributed by atoms with Crippen LogP contribution < -0.4 is 5.32 Å². The van der Waals surface area contributed by atoms with Crippen molar-refractivity contribution in [1.82, 2.24) is 9.97 Å². The molecule has 2 aromatic rings. The molecule has 1 N–H and O–H groups in total. The highest BCUT2D eigenvalue weighted by atomic mass is 19.1. The highest BCUT2D eigenvalue weighted by molar-refractivity contribution is 5.68. The van der Waals surface area contributed by atoms with Gasteiger partial charge in [0.1, 0.15) is 18.0 Å². The van der Waals surface area contributed by atoms with Crippen molar-refractivity contribution in [2.75, 3.05) is 12.4 Å². The Morgan fingerprint density at radius 2 is 1.89 bits per heavy atom. The van der Waals surface area contributed by atoms with Crippen molar-refractivity contribution >= 4 is 5.82 Å². The zero-order valence-electron chi connectivity index (χ0n) is 10.6. The van der Waals surface area contributed by atoms with Gasteiger partial charge in [-0.3, -0.25) is 0 Å². The van der Waals surface area contributed by atoms with Crippen LogP contribution in [0.4, 0.5) is 10.2 Å². The zero-order chi connectivity index (χ0) is 13.0. The molecule has 2 rings (SSSR count). The maximum absolute atomic E-state index is 13.0. The summed E-state index contributed by atoms with van der Waals surface area (Å²) in [5, 5.41) is 3.08. The third-order valence-corrected chi connectivity index (χ3v) is 2.80. The number of nitrogens with zero attached hydrogens (tertiary/aromatic N) is 2. The minimum atomic E-state index is -0.237. The van der Waals surface area contributed by atoms with Gasteiger partial charge < -0.3 is 5.32 Å². The predicted molar refractivity (Wildman–Crippen MR) is 71.0 cm³/mol.